The van der Waals surface area contributed by atoms with Crippen LogP contribution >= 0.6 is 11.6 Å². The van der Waals surface area contributed by atoms with Crippen LogP contribution in [0.1, 0.15) is 29.3 Å². The average molecular weight is 452 g/mol. The van der Waals surface area contributed by atoms with Crippen molar-refractivity contribution in [1.29, 1.82) is 0 Å². The number of hydrogen-bond donors (Lipinski definition) is 5. The number of fused-ring (bicyclic) bond motifs is 1. The van der Waals surface area contributed by atoms with E-state index >= 15 is 0 Å². The van der Waals surface area contributed by atoms with E-state index in [1.807, 2.05) is 13.0 Å². The second kappa shape index (κ2) is 8.62. The number of ether oxygens (including phenoxy) is 2. The summed E-state index contributed by atoms with van der Waals surface area (Å²) in [6.07, 6.45) is -1.67. The highest BCUT2D eigenvalue weighted by molar-refractivity contribution is 6.30. The molecular weight excluding hydrogens is 426 g/mol. The molecule has 1 aliphatic heterocycles. The fourth-order valence-corrected chi connectivity index (χ4v) is 4.52. The van der Waals surface area contributed by atoms with E-state index < -0.39 is 30.3 Å². The SMILES string of the molecule is CNc1nc(Cl)c(C2Cc3cc(OC)nc(C)c3O2)c(NC2CC(CO)C(O)C2O)n1. The molecule has 0 radical (unpaired) electrons. The maximum Gasteiger partial charge on any atom is 0.225 e. The zero-order valence-electron chi connectivity index (χ0n) is 17.5. The molecule has 5 atom stereocenters. The van der Waals surface area contributed by atoms with Gasteiger partial charge in [-0.1, -0.05) is 11.6 Å². The monoisotopic (exact) mass is 451 g/mol. The Hall–Kier alpha value is -2.40. The molecule has 2 aromatic heterocycles. The molecule has 0 spiro atoms. The van der Waals surface area contributed by atoms with Crippen molar-refractivity contribution in [1.82, 2.24) is 15.0 Å². The molecule has 10 nitrogen and oxygen atoms in total. The number of pyridine rings is 1. The maximum absolute atomic E-state index is 10.4. The molecule has 1 saturated carbocycles. The molecule has 11 heteroatoms. The van der Waals surface area contributed by atoms with Gasteiger partial charge in [0.2, 0.25) is 11.8 Å². The molecule has 1 aliphatic carbocycles. The standard InChI is InChI=1S/C20H26ClN5O5/c1-8-17-9(6-13(23-8)30-3)5-12(31-17)14-18(21)25-20(22-2)26-19(14)24-11-4-10(7-27)15(28)16(11)29/h6,10-12,15-16,27-29H,4-5,7H2,1-3H3,(H2,22,24,25,26). The molecule has 0 amide bonds. The Bertz CT molecular complexity index is 977. The van der Waals surface area contributed by atoms with Crippen molar-refractivity contribution in [2.24, 2.45) is 5.92 Å². The molecule has 0 aromatic carbocycles. The predicted molar refractivity (Wildman–Crippen MR) is 114 cm³/mol. The number of halogens is 1. The third-order valence-electron chi connectivity index (χ3n) is 5.87. The summed E-state index contributed by atoms with van der Waals surface area (Å²) in [4.78, 5) is 13.1. The summed E-state index contributed by atoms with van der Waals surface area (Å²) in [5, 5.41) is 36.4. The third-order valence-corrected chi connectivity index (χ3v) is 6.16. The number of anilines is 2. The number of methoxy groups -OCH3 is 1. The lowest BCUT2D eigenvalue weighted by atomic mass is 10.0. The van der Waals surface area contributed by atoms with Crippen LogP contribution in [-0.2, 0) is 6.42 Å². The van der Waals surface area contributed by atoms with Gasteiger partial charge < -0.3 is 35.4 Å². The first kappa shape index (κ1) is 21.8. The summed E-state index contributed by atoms with van der Waals surface area (Å²) in [6, 6.07) is 1.31. The van der Waals surface area contributed by atoms with Gasteiger partial charge in [0, 0.05) is 37.6 Å². The summed E-state index contributed by atoms with van der Waals surface area (Å²) >= 11 is 6.54. The van der Waals surface area contributed by atoms with Gasteiger partial charge in [0.25, 0.3) is 0 Å². The van der Waals surface area contributed by atoms with E-state index in [-0.39, 0.29) is 11.8 Å². The quantitative estimate of drug-likeness (QED) is 0.405. The Morgan fingerprint density at radius 3 is 2.68 bits per heavy atom. The van der Waals surface area contributed by atoms with Crippen LogP contribution in [0.25, 0.3) is 0 Å². The molecule has 5 unspecified atom stereocenters. The Kier molecular flexibility index (Phi) is 6.07. The zero-order chi connectivity index (χ0) is 22.3. The van der Waals surface area contributed by atoms with Gasteiger partial charge in [-0.15, -0.1) is 0 Å². The third kappa shape index (κ3) is 3.96. The van der Waals surface area contributed by atoms with Crippen molar-refractivity contribution in [3.8, 4) is 11.6 Å². The fourth-order valence-electron chi connectivity index (χ4n) is 4.23. The van der Waals surface area contributed by atoms with Crippen molar-refractivity contribution in [2.75, 3.05) is 31.4 Å². The first-order valence-electron chi connectivity index (χ1n) is 10.1. The number of nitrogens with one attached hydrogen (secondary N) is 2. The summed E-state index contributed by atoms with van der Waals surface area (Å²) in [6.45, 7) is 1.63. The smallest absolute Gasteiger partial charge is 0.225 e. The van der Waals surface area contributed by atoms with Gasteiger partial charge in [-0.3, -0.25) is 0 Å². The molecule has 0 bridgehead atoms. The van der Waals surface area contributed by atoms with Gasteiger partial charge in [-0.2, -0.15) is 4.98 Å². The van der Waals surface area contributed by atoms with Crippen LogP contribution in [0.5, 0.6) is 11.6 Å². The van der Waals surface area contributed by atoms with Gasteiger partial charge in [0.15, 0.2) is 0 Å². The summed E-state index contributed by atoms with van der Waals surface area (Å²) in [7, 11) is 3.24. The molecule has 2 aromatic rings. The normalized spacial score (nSPS) is 27.0. The first-order chi connectivity index (χ1) is 14.9. The molecule has 5 N–H and O–H groups in total. The molecule has 2 aliphatic rings. The van der Waals surface area contributed by atoms with Crippen LogP contribution in [0.3, 0.4) is 0 Å². The molecule has 31 heavy (non-hydrogen) atoms. The number of rotatable bonds is 6. The largest absolute Gasteiger partial charge is 0.483 e. The molecule has 3 heterocycles. The highest BCUT2D eigenvalue weighted by atomic mass is 35.5. The van der Waals surface area contributed by atoms with Crippen molar-refractivity contribution in [3.63, 3.8) is 0 Å². The second-order valence-corrected chi connectivity index (χ2v) is 8.17. The number of nitrogens with zero attached hydrogens (tertiary/aromatic N) is 3. The van der Waals surface area contributed by atoms with Crippen molar-refractivity contribution in [3.05, 3.63) is 28.0 Å². The molecular formula is C20H26ClN5O5. The predicted octanol–water partition coefficient (Wildman–Crippen LogP) is 1.07. The van der Waals surface area contributed by atoms with E-state index in [0.717, 1.165) is 5.56 Å². The van der Waals surface area contributed by atoms with Crippen LogP contribution in [0.15, 0.2) is 6.07 Å². The van der Waals surface area contributed by atoms with Crippen LogP contribution in [0.4, 0.5) is 11.8 Å². The minimum absolute atomic E-state index is 0.212. The van der Waals surface area contributed by atoms with Crippen molar-refractivity contribution < 1.29 is 24.8 Å². The van der Waals surface area contributed by atoms with E-state index in [0.29, 0.717) is 47.5 Å². The van der Waals surface area contributed by atoms with E-state index in [1.54, 1.807) is 14.2 Å². The lowest BCUT2D eigenvalue weighted by Gasteiger charge is -2.23. The maximum atomic E-state index is 10.4. The highest BCUT2D eigenvalue weighted by Crippen LogP contribution is 2.44. The van der Waals surface area contributed by atoms with Gasteiger partial charge in [-0.05, 0) is 13.3 Å². The van der Waals surface area contributed by atoms with E-state index in [4.69, 9.17) is 21.1 Å². The Labute approximate surface area is 184 Å². The highest BCUT2D eigenvalue weighted by Gasteiger charge is 2.42. The number of aromatic nitrogens is 3. The number of hydrogen-bond acceptors (Lipinski definition) is 10. The Balaban J connectivity index is 1.68. The fraction of sp³-hybridized carbons (Fsp3) is 0.550. The topological polar surface area (TPSA) is 142 Å². The number of aliphatic hydroxyl groups is 3. The van der Waals surface area contributed by atoms with Crippen molar-refractivity contribution in [2.45, 2.75) is 44.1 Å². The minimum atomic E-state index is -1.06. The molecule has 168 valence electrons. The average Bonchev–Trinajstić information content (AvgIpc) is 3.29. The summed E-state index contributed by atoms with van der Waals surface area (Å²) < 4.78 is 11.4. The molecule has 0 saturated heterocycles. The van der Waals surface area contributed by atoms with Crippen LogP contribution in [0.2, 0.25) is 5.15 Å². The van der Waals surface area contributed by atoms with Crippen LogP contribution in [-0.4, -0.2) is 69.3 Å². The number of aliphatic hydroxyl groups excluding tert-OH is 3. The lowest BCUT2D eigenvalue weighted by Crippen LogP contribution is -2.36. The molecule has 1 fully saturated rings. The second-order valence-electron chi connectivity index (χ2n) is 7.81. The zero-order valence-corrected chi connectivity index (χ0v) is 18.2. The van der Waals surface area contributed by atoms with Crippen LogP contribution in [0, 0.1) is 12.8 Å². The Morgan fingerprint density at radius 1 is 1.26 bits per heavy atom. The van der Waals surface area contributed by atoms with Gasteiger partial charge in [0.05, 0.1) is 30.5 Å². The molecule has 4 rings (SSSR count). The number of aryl methyl sites for hydroxylation is 1. The summed E-state index contributed by atoms with van der Waals surface area (Å²) in [5.41, 5.74) is 2.19. The van der Waals surface area contributed by atoms with Crippen LogP contribution < -0.4 is 20.1 Å². The van der Waals surface area contributed by atoms with Gasteiger partial charge >= 0.3 is 0 Å². The first-order valence-corrected chi connectivity index (χ1v) is 10.4. The van der Waals surface area contributed by atoms with E-state index in [1.165, 1.54) is 0 Å². The summed E-state index contributed by atoms with van der Waals surface area (Å²) in [5.74, 6) is 1.45. The lowest BCUT2D eigenvalue weighted by molar-refractivity contribution is 0.00444. The van der Waals surface area contributed by atoms with E-state index in [9.17, 15) is 15.3 Å². The van der Waals surface area contributed by atoms with E-state index in [2.05, 4.69) is 25.6 Å². The Morgan fingerprint density at radius 2 is 2.03 bits per heavy atom. The minimum Gasteiger partial charge on any atom is -0.483 e. The van der Waals surface area contributed by atoms with Gasteiger partial charge in [0.1, 0.15) is 28.9 Å². The van der Waals surface area contributed by atoms with Gasteiger partial charge in [-0.25, -0.2) is 9.97 Å². The van der Waals surface area contributed by atoms with Crippen molar-refractivity contribution >= 4 is 23.4 Å².